The Morgan fingerprint density at radius 2 is 1.55 bits per heavy atom. The number of sulfonamides is 1. The number of alkyl carbamates (subject to hydrolysis) is 1. The lowest BCUT2D eigenvalue weighted by atomic mass is 9.99. The molecule has 0 aromatic heterocycles. The van der Waals surface area contributed by atoms with Crippen LogP contribution in [0.2, 0.25) is 0 Å². The molecule has 1 saturated heterocycles. The summed E-state index contributed by atoms with van der Waals surface area (Å²) in [6.45, 7) is 3.25. The molecule has 1 unspecified atom stereocenters. The van der Waals surface area contributed by atoms with Crippen molar-refractivity contribution in [2.75, 3.05) is 26.6 Å². The Morgan fingerprint density at radius 3 is 2.13 bits per heavy atom. The lowest BCUT2D eigenvalue weighted by Crippen LogP contribution is -2.52. The summed E-state index contributed by atoms with van der Waals surface area (Å²) in [7, 11) is -4.43. The van der Waals surface area contributed by atoms with Gasteiger partial charge in [-0.05, 0) is 23.6 Å². The first-order valence-corrected chi connectivity index (χ1v) is 13.4. The minimum atomic E-state index is -4.43. The van der Waals surface area contributed by atoms with Crippen LogP contribution in [-0.4, -0.2) is 75.0 Å². The largest absolute Gasteiger partial charge is 0.441 e. The van der Waals surface area contributed by atoms with E-state index in [4.69, 9.17) is 14.2 Å². The average Bonchev–Trinajstić information content (AvgIpc) is 2.91. The third-order valence-electron chi connectivity index (χ3n) is 5.45. The number of hydrogen-bond donors (Lipinski definition) is 1. The monoisotopic (exact) mass is 546 g/mol. The fourth-order valence-electron chi connectivity index (χ4n) is 3.64. The van der Waals surface area contributed by atoms with E-state index < -0.39 is 45.7 Å². The summed E-state index contributed by atoms with van der Waals surface area (Å²) >= 11 is 0. The first-order valence-electron chi connectivity index (χ1n) is 12.0. The van der Waals surface area contributed by atoms with Crippen LogP contribution in [0.3, 0.4) is 0 Å². The summed E-state index contributed by atoms with van der Waals surface area (Å²) in [5.74, 6) is -4.69. The highest BCUT2D eigenvalue weighted by Crippen LogP contribution is 2.18. The maximum atomic E-state index is 13.3. The molecule has 0 aliphatic carbocycles. The fraction of sp³-hybridized carbons (Fsp3) is 0.385. The number of amides is 2. The number of rotatable bonds is 11. The first kappa shape index (κ1) is 29.0. The Bertz CT molecular complexity index is 1230. The van der Waals surface area contributed by atoms with E-state index in [1.807, 2.05) is 0 Å². The number of nitrogens with zero attached hydrogens (tertiary/aromatic N) is 1. The molecule has 0 bridgehead atoms. The molecule has 1 fully saturated rings. The van der Waals surface area contributed by atoms with Crippen LogP contribution in [0, 0.1) is 5.92 Å². The summed E-state index contributed by atoms with van der Waals surface area (Å²) in [4.78, 5) is 51.9. The summed E-state index contributed by atoms with van der Waals surface area (Å²) in [5.41, 5.74) is 0.590. The van der Waals surface area contributed by atoms with Crippen LogP contribution in [0.1, 0.15) is 19.4 Å². The topological polar surface area (TPSA) is 145 Å². The van der Waals surface area contributed by atoms with Crippen LogP contribution in [-0.2, 0) is 45.0 Å². The number of benzene rings is 2. The molecule has 0 radical (unpaired) electrons. The molecular formula is C26H30N2O9S. The normalized spacial score (nSPS) is 14.9. The second kappa shape index (κ2) is 13.3. The van der Waals surface area contributed by atoms with E-state index >= 15 is 0 Å². The number of ether oxygens (including phenoxy) is 3. The number of ketones is 2. The Hall–Kier alpha value is -3.61. The maximum Gasteiger partial charge on any atom is 0.408 e. The van der Waals surface area contributed by atoms with Crippen molar-refractivity contribution < 1.29 is 41.8 Å². The fourth-order valence-corrected chi connectivity index (χ4v) is 5.19. The third-order valence-corrected chi connectivity index (χ3v) is 7.21. The summed E-state index contributed by atoms with van der Waals surface area (Å²) in [6, 6.07) is 14.1. The van der Waals surface area contributed by atoms with Gasteiger partial charge in [0.15, 0.2) is 6.10 Å². The van der Waals surface area contributed by atoms with E-state index in [0.717, 1.165) is 0 Å². The molecule has 2 aromatic rings. The van der Waals surface area contributed by atoms with Gasteiger partial charge in [-0.25, -0.2) is 17.5 Å². The van der Waals surface area contributed by atoms with Crippen LogP contribution in [0.15, 0.2) is 65.6 Å². The third kappa shape index (κ3) is 7.70. The first-order chi connectivity index (χ1) is 18.1. The van der Waals surface area contributed by atoms with Gasteiger partial charge in [-0.15, -0.1) is 0 Å². The van der Waals surface area contributed by atoms with Crippen molar-refractivity contribution in [1.29, 1.82) is 0 Å². The van der Waals surface area contributed by atoms with Crippen molar-refractivity contribution in [3.05, 3.63) is 66.2 Å². The molecule has 1 N–H and O–H groups in total. The van der Waals surface area contributed by atoms with E-state index in [9.17, 15) is 27.6 Å². The maximum absolute atomic E-state index is 13.3. The van der Waals surface area contributed by atoms with Gasteiger partial charge in [0.1, 0.15) is 12.8 Å². The molecule has 1 heterocycles. The van der Waals surface area contributed by atoms with Crippen LogP contribution in [0.25, 0.3) is 0 Å². The summed E-state index contributed by atoms with van der Waals surface area (Å²) < 4.78 is 42.2. The van der Waals surface area contributed by atoms with Gasteiger partial charge in [0.05, 0.1) is 18.1 Å². The van der Waals surface area contributed by atoms with Gasteiger partial charge in [0.2, 0.25) is 5.78 Å². The Balaban J connectivity index is 1.84. The Morgan fingerprint density at radius 1 is 0.974 bits per heavy atom. The highest BCUT2D eigenvalue weighted by atomic mass is 32.2. The second-order valence-electron chi connectivity index (χ2n) is 9.01. The number of hydrogen-bond acceptors (Lipinski definition) is 9. The predicted octanol–water partition coefficient (Wildman–Crippen LogP) is 1.71. The van der Waals surface area contributed by atoms with Gasteiger partial charge in [-0.3, -0.25) is 14.4 Å². The zero-order valence-electron chi connectivity index (χ0n) is 21.1. The van der Waals surface area contributed by atoms with Crippen LogP contribution < -0.4 is 5.32 Å². The zero-order chi connectivity index (χ0) is 27.7. The molecule has 38 heavy (non-hydrogen) atoms. The molecule has 0 spiro atoms. The molecular weight excluding hydrogens is 516 g/mol. The van der Waals surface area contributed by atoms with Crippen LogP contribution >= 0.6 is 0 Å². The molecule has 2 amide bonds. The number of Topliss-reactive ketones (excluding diaryl/α,β-unsaturated/α-hetero) is 2. The predicted molar refractivity (Wildman–Crippen MR) is 134 cm³/mol. The SMILES string of the molecule is CC(C)CN(C(=O)C(=O)C(=O)C(Cc1ccccc1)NC(=O)OC1COCOC1)S(=O)(=O)c1ccccc1. The highest BCUT2D eigenvalue weighted by molar-refractivity contribution is 7.89. The summed E-state index contributed by atoms with van der Waals surface area (Å²) in [5, 5.41) is 2.34. The lowest BCUT2D eigenvalue weighted by Gasteiger charge is -2.25. The van der Waals surface area contributed by atoms with E-state index in [2.05, 4.69) is 5.32 Å². The van der Waals surface area contributed by atoms with Crippen LogP contribution in [0.4, 0.5) is 4.79 Å². The average molecular weight is 547 g/mol. The molecule has 0 saturated carbocycles. The highest BCUT2D eigenvalue weighted by Gasteiger charge is 2.39. The lowest BCUT2D eigenvalue weighted by molar-refractivity contribution is -0.152. The quantitative estimate of drug-likeness (QED) is 0.329. The van der Waals surface area contributed by atoms with Gasteiger partial charge in [-0.1, -0.05) is 62.4 Å². The standard InChI is InChI=1S/C26H30N2O9S/c1-18(2)14-28(38(33,34)21-11-7-4-8-12-21)25(31)24(30)23(29)22(13-19-9-5-3-6-10-19)27-26(32)37-20-15-35-17-36-16-20/h3-12,18,20,22H,13-17H2,1-2H3,(H,27,32). The summed E-state index contributed by atoms with van der Waals surface area (Å²) in [6.07, 6.45) is -1.89. The Labute approximate surface area is 221 Å². The van der Waals surface area contributed by atoms with Gasteiger partial charge >= 0.3 is 12.0 Å². The molecule has 12 heteroatoms. The molecule has 2 aromatic carbocycles. The zero-order valence-corrected chi connectivity index (χ0v) is 21.9. The van der Waals surface area contributed by atoms with Crippen molar-refractivity contribution >= 4 is 33.6 Å². The number of carbonyl (C=O) groups excluding carboxylic acids is 4. The minimum absolute atomic E-state index is 0.0615. The van der Waals surface area contributed by atoms with Gasteiger partial charge < -0.3 is 19.5 Å². The molecule has 3 rings (SSSR count). The van der Waals surface area contributed by atoms with Crippen LogP contribution in [0.5, 0.6) is 0 Å². The van der Waals surface area contributed by atoms with Crippen molar-refractivity contribution in [2.24, 2.45) is 5.92 Å². The van der Waals surface area contributed by atoms with Crippen molar-refractivity contribution in [1.82, 2.24) is 9.62 Å². The number of nitrogens with one attached hydrogen (secondary N) is 1. The van der Waals surface area contributed by atoms with Gasteiger partial charge in [-0.2, -0.15) is 0 Å². The van der Waals surface area contributed by atoms with E-state index in [0.29, 0.717) is 9.87 Å². The molecule has 1 aliphatic rings. The molecule has 1 aliphatic heterocycles. The second-order valence-corrected chi connectivity index (χ2v) is 10.9. The van der Waals surface area contributed by atoms with E-state index in [-0.39, 0.29) is 43.8 Å². The van der Waals surface area contributed by atoms with Gasteiger partial charge in [0.25, 0.3) is 15.8 Å². The molecule has 204 valence electrons. The van der Waals surface area contributed by atoms with E-state index in [1.54, 1.807) is 50.2 Å². The van der Waals surface area contributed by atoms with Crippen molar-refractivity contribution in [3.63, 3.8) is 0 Å². The Kier molecular flexibility index (Phi) is 10.1. The molecule has 1 atom stereocenters. The van der Waals surface area contributed by atoms with Gasteiger partial charge in [0, 0.05) is 13.0 Å². The molecule has 11 nitrogen and oxygen atoms in total. The smallest absolute Gasteiger partial charge is 0.408 e. The number of carbonyl (C=O) groups is 4. The van der Waals surface area contributed by atoms with E-state index in [1.165, 1.54) is 24.3 Å². The minimum Gasteiger partial charge on any atom is -0.441 e. The van der Waals surface area contributed by atoms with Crippen molar-refractivity contribution in [2.45, 2.75) is 37.3 Å². The van der Waals surface area contributed by atoms with Crippen molar-refractivity contribution in [3.8, 4) is 0 Å².